The number of benzene rings is 1. The Morgan fingerprint density at radius 3 is 2.64 bits per heavy atom. The van der Waals surface area contributed by atoms with Gasteiger partial charge in [0.05, 0.1) is 6.07 Å². The average molecular weight is 148 g/mol. The van der Waals surface area contributed by atoms with Crippen LogP contribution in [0.1, 0.15) is 11.7 Å². The van der Waals surface area contributed by atoms with E-state index < -0.39 is 6.10 Å². The van der Waals surface area contributed by atoms with E-state index in [0.717, 1.165) is 0 Å². The molecule has 0 heterocycles. The molecule has 1 aromatic rings. The molecule has 0 saturated heterocycles. The number of nitrogen functional groups attached to an aromatic ring is 1. The Morgan fingerprint density at radius 1 is 1.45 bits per heavy atom. The number of nitriles is 1. The van der Waals surface area contributed by atoms with Crippen LogP contribution < -0.4 is 5.73 Å². The molecule has 0 bridgehead atoms. The molecule has 0 fully saturated rings. The predicted octanol–water partition coefficient (Wildman–Crippen LogP) is 0.826. The molecule has 1 unspecified atom stereocenters. The lowest BCUT2D eigenvalue weighted by Gasteiger charge is -2.04. The van der Waals surface area contributed by atoms with Crippen LogP contribution in [0.5, 0.6) is 0 Å². The first-order valence-corrected chi connectivity index (χ1v) is 3.18. The van der Waals surface area contributed by atoms with Crippen LogP contribution in [-0.4, -0.2) is 5.11 Å². The smallest absolute Gasteiger partial charge is 0.167 e. The second kappa shape index (κ2) is 3.04. The van der Waals surface area contributed by atoms with Crippen molar-refractivity contribution < 1.29 is 5.11 Å². The van der Waals surface area contributed by atoms with E-state index in [4.69, 9.17) is 16.1 Å². The fraction of sp³-hybridized carbons (Fsp3) is 0.125. The monoisotopic (exact) mass is 148 g/mol. The molecule has 1 rings (SSSR count). The van der Waals surface area contributed by atoms with Gasteiger partial charge < -0.3 is 10.8 Å². The van der Waals surface area contributed by atoms with Crippen LogP contribution in [0.25, 0.3) is 0 Å². The summed E-state index contributed by atoms with van der Waals surface area (Å²) in [5.41, 5.74) is 6.40. The number of para-hydroxylation sites is 1. The van der Waals surface area contributed by atoms with Gasteiger partial charge in [0, 0.05) is 11.3 Å². The van der Waals surface area contributed by atoms with Crippen LogP contribution in [0.2, 0.25) is 0 Å². The minimum Gasteiger partial charge on any atom is -0.398 e. The van der Waals surface area contributed by atoms with Crippen LogP contribution in [-0.2, 0) is 0 Å². The van der Waals surface area contributed by atoms with Crippen molar-refractivity contribution in [2.45, 2.75) is 6.10 Å². The van der Waals surface area contributed by atoms with Gasteiger partial charge in [0.15, 0.2) is 6.10 Å². The van der Waals surface area contributed by atoms with Crippen molar-refractivity contribution in [2.75, 3.05) is 5.73 Å². The average Bonchev–Trinajstić information content (AvgIpc) is 2.04. The summed E-state index contributed by atoms with van der Waals surface area (Å²) in [7, 11) is 0. The fourth-order valence-corrected chi connectivity index (χ4v) is 0.829. The van der Waals surface area contributed by atoms with Crippen LogP contribution in [0.4, 0.5) is 5.69 Å². The van der Waals surface area contributed by atoms with Gasteiger partial charge in [0.2, 0.25) is 0 Å². The highest BCUT2D eigenvalue weighted by atomic mass is 16.3. The number of aliphatic hydroxyl groups is 1. The van der Waals surface area contributed by atoms with Gasteiger partial charge in [-0.1, -0.05) is 18.2 Å². The van der Waals surface area contributed by atoms with Gasteiger partial charge >= 0.3 is 0 Å². The van der Waals surface area contributed by atoms with Crippen molar-refractivity contribution in [3.8, 4) is 6.07 Å². The number of hydrogen-bond donors (Lipinski definition) is 2. The van der Waals surface area contributed by atoms with E-state index in [1.54, 1.807) is 30.3 Å². The first-order valence-electron chi connectivity index (χ1n) is 3.18. The summed E-state index contributed by atoms with van der Waals surface area (Å²) in [4.78, 5) is 0. The summed E-state index contributed by atoms with van der Waals surface area (Å²) in [6.45, 7) is 0. The SMILES string of the molecule is N#CC(O)c1ccccc1N. The summed E-state index contributed by atoms with van der Waals surface area (Å²) in [6.07, 6.45) is -1.11. The summed E-state index contributed by atoms with van der Waals surface area (Å²) in [5, 5.41) is 17.4. The lowest BCUT2D eigenvalue weighted by Crippen LogP contribution is -1.98. The highest BCUT2D eigenvalue weighted by molar-refractivity contribution is 5.48. The van der Waals surface area contributed by atoms with Gasteiger partial charge in [-0.05, 0) is 6.07 Å². The van der Waals surface area contributed by atoms with Crippen LogP contribution in [0, 0.1) is 11.3 Å². The fourth-order valence-electron chi connectivity index (χ4n) is 0.829. The first-order chi connectivity index (χ1) is 5.25. The minimum absolute atomic E-state index is 0.446. The Labute approximate surface area is 64.7 Å². The number of anilines is 1. The van der Waals surface area contributed by atoms with E-state index in [0.29, 0.717) is 11.3 Å². The van der Waals surface area contributed by atoms with Crippen molar-refractivity contribution >= 4 is 5.69 Å². The quantitative estimate of drug-likeness (QED) is 0.457. The first kappa shape index (κ1) is 7.58. The Morgan fingerprint density at radius 2 is 2.09 bits per heavy atom. The largest absolute Gasteiger partial charge is 0.398 e. The molecule has 0 spiro atoms. The molecule has 0 aromatic heterocycles. The molecule has 3 heteroatoms. The predicted molar refractivity (Wildman–Crippen MR) is 41.4 cm³/mol. The maximum absolute atomic E-state index is 9.07. The van der Waals surface area contributed by atoms with Gasteiger partial charge in [0.1, 0.15) is 0 Å². The summed E-state index contributed by atoms with van der Waals surface area (Å²) < 4.78 is 0. The van der Waals surface area contributed by atoms with Gasteiger partial charge in [-0.25, -0.2) is 0 Å². The molecule has 1 atom stereocenters. The molecule has 0 aliphatic heterocycles. The summed E-state index contributed by atoms with van der Waals surface area (Å²) in [6, 6.07) is 8.46. The van der Waals surface area contributed by atoms with E-state index in [-0.39, 0.29) is 0 Å². The van der Waals surface area contributed by atoms with Crippen molar-refractivity contribution in [1.82, 2.24) is 0 Å². The van der Waals surface area contributed by atoms with E-state index in [9.17, 15) is 0 Å². The van der Waals surface area contributed by atoms with Crippen LogP contribution in [0.3, 0.4) is 0 Å². The second-order valence-electron chi connectivity index (χ2n) is 2.16. The Bertz CT molecular complexity index is 290. The lowest BCUT2D eigenvalue weighted by atomic mass is 10.1. The molecule has 0 amide bonds. The molecule has 0 aliphatic carbocycles. The van der Waals surface area contributed by atoms with Gasteiger partial charge in [-0.3, -0.25) is 0 Å². The zero-order valence-corrected chi connectivity index (χ0v) is 5.86. The standard InChI is InChI=1S/C8H8N2O/c9-5-8(11)6-3-1-2-4-7(6)10/h1-4,8,11H,10H2. The molecule has 0 radical (unpaired) electrons. The highest BCUT2D eigenvalue weighted by Gasteiger charge is 2.07. The van der Waals surface area contributed by atoms with Crippen molar-refractivity contribution in [1.29, 1.82) is 5.26 Å². The number of nitrogens with zero attached hydrogens (tertiary/aromatic N) is 1. The third kappa shape index (κ3) is 1.48. The maximum Gasteiger partial charge on any atom is 0.167 e. The summed E-state index contributed by atoms with van der Waals surface area (Å²) in [5.74, 6) is 0. The second-order valence-corrected chi connectivity index (χ2v) is 2.16. The highest BCUT2D eigenvalue weighted by Crippen LogP contribution is 2.18. The van der Waals surface area contributed by atoms with Crippen molar-refractivity contribution in [3.05, 3.63) is 29.8 Å². The van der Waals surface area contributed by atoms with Crippen LogP contribution >= 0.6 is 0 Å². The van der Waals surface area contributed by atoms with E-state index in [2.05, 4.69) is 0 Å². The topological polar surface area (TPSA) is 70.0 Å². The van der Waals surface area contributed by atoms with Gasteiger partial charge in [-0.2, -0.15) is 5.26 Å². The molecule has 56 valence electrons. The normalized spacial score (nSPS) is 12.0. The molecule has 0 saturated carbocycles. The van der Waals surface area contributed by atoms with Gasteiger partial charge in [0.25, 0.3) is 0 Å². The maximum atomic E-state index is 9.07. The number of nitrogens with two attached hydrogens (primary N) is 1. The molecule has 0 aliphatic rings. The number of hydrogen-bond acceptors (Lipinski definition) is 3. The zero-order valence-electron chi connectivity index (χ0n) is 5.86. The van der Waals surface area contributed by atoms with E-state index >= 15 is 0 Å². The molecule has 1 aromatic carbocycles. The molecular weight excluding hydrogens is 140 g/mol. The third-order valence-corrected chi connectivity index (χ3v) is 1.41. The van der Waals surface area contributed by atoms with Crippen LogP contribution in [0.15, 0.2) is 24.3 Å². The number of rotatable bonds is 1. The summed E-state index contributed by atoms with van der Waals surface area (Å²) >= 11 is 0. The van der Waals surface area contributed by atoms with Crippen molar-refractivity contribution in [2.24, 2.45) is 0 Å². The Kier molecular flexibility index (Phi) is 2.09. The Balaban J connectivity index is 3.05. The lowest BCUT2D eigenvalue weighted by molar-refractivity contribution is 0.236. The van der Waals surface area contributed by atoms with Gasteiger partial charge in [-0.15, -0.1) is 0 Å². The molecular formula is C8H8N2O. The van der Waals surface area contributed by atoms with Crippen molar-refractivity contribution in [3.63, 3.8) is 0 Å². The Hall–Kier alpha value is -1.53. The van der Waals surface area contributed by atoms with E-state index in [1.165, 1.54) is 0 Å². The third-order valence-electron chi connectivity index (χ3n) is 1.41. The molecule has 11 heavy (non-hydrogen) atoms. The molecule has 3 nitrogen and oxygen atoms in total. The minimum atomic E-state index is -1.11. The number of aliphatic hydroxyl groups excluding tert-OH is 1. The van der Waals surface area contributed by atoms with E-state index in [1.807, 2.05) is 0 Å². The zero-order chi connectivity index (χ0) is 8.27. The molecule has 3 N–H and O–H groups in total.